The molecule has 0 atom stereocenters. The highest BCUT2D eigenvalue weighted by Crippen LogP contribution is 2.25. The molecule has 3 aromatic carbocycles. The molecule has 0 saturated carbocycles. The van der Waals surface area contributed by atoms with Gasteiger partial charge in [0.25, 0.3) is 5.91 Å². The van der Waals surface area contributed by atoms with Crippen molar-refractivity contribution in [1.29, 1.82) is 0 Å². The van der Waals surface area contributed by atoms with Crippen LogP contribution in [0.4, 0.5) is 4.39 Å². The molecule has 0 radical (unpaired) electrons. The summed E-state index contributed by atoms with van der Waals surface area (Å²) in [5.74, 6) is -0.0782. The number of carbonyl (C=O) groups is 2. The Labute approximate surface area is 238 Å². The number of aryl methyl sites for hydroxylation is 1. The summed E-state index contributed by atoms with van der Waals surface area (Å²) < 4.78 is 13.3. The Morgan fingerprint density at radius 1 is 0.875 bits per heavy atom. The number of halogens is 1. The number of hydrogen-bond donors (Lipinski definition) is 1. The van der Waals surface area contributed by atoms with Crippen LogP contribution in [0.25, 0.3) is 0 Å². The molecule has 212 valence electrons. The third kappa shape index (κ3) is 8.01. The van der Waals surface area contributed by atoms with Gasteiger partial charge >= 0.3 is 0 Å². The summed E-state index contributed by atoms with van der Waals surface area (Å²) >= 11 is 0. The highest BCUT2D eigenvalue weighted by molar-refractivity contribution is 5.94. The first kappa shape index (κ1) is 29.5. The molecule has 0 spiro atoms. The van der Waals surface area contributed by atoms with Crippen molar-refractivity contribution in [3.8, 4) is 0 Å². The van der Waals surface area contributed by atoms with Crippen molar-refractivity contribution in [3.05, 3.63) is 106 Å². The van der Waals surface area contributed by atoms with Crippen LogP contribution in [0.1, 0.15) is 72.1 Å². The van der Waals surface area contributed by atoms with Crippen LogP contribution in [-0.2, 0) is 24.4 Å². The van der Waals surface area contributed by atoms with Gasteiger partial charge in [-0.15, -0.1) is 0 Å². The van der Waals surface area contributed by atoms with Crippen LogP contribution in [0.3, 0.4) is 0 Å². The second-order valence-electron chi connectivity index (χ2n) is 11.0. The molecule has 6 heteroatoms. The fraction of sp³-hybridized carbons (Fsp3) is 0.412. The van der Waals surface area contributed by atoms with Crippen molar-refractivity contribution in [2.45, 2.75) is 72.1 Å². The van der Waals surface area contributed by atoms with Crippen LogP contribution in [0.15, 0.2) is 72.8 Å². The van der Waals surface area contributed by atoms with Crippen molar-refractivity contribution in [1.82, 2.24) is 15.1 Å². The summed E-state index contributed by atoms with van der Waals surface area (Å²) in [6, 6.07) is 22.7. The molecule has 3 aromatic rings. The number of amides is 2. The molecule has 1 N–H and O–H groups in total. The Kier molecular flexibility index (Phi) is 10.5. The van der Waals surface area contributed by atoms with Crippen molar-refractivity contribution < 1.29 is 14.0 Å². The van der Waals surface area contributed by atoms with Crippen LogP contribution < -0.4 is 5.32 Å². The number of likely N-dealkylation sites (tertiary alicyclic amines) is 1. The molecule has 4 rings (SSSR count). The lowest BCUT2D eigenvalue weighted by Crippen LogP contribution is -2.48. The molecule has 1 aliphatic heterocycles. The van der Waals surface area contributed by atoms with Crippen molar-refractivity contribution in [3.63, 3.8) is 0 Å². The average Bonchev–Trinajstić information content (AvgIpc) is 2.98. The molecule has 0 unspecified atom stereocenters. The SMILES string of the molecule is CCC(CC)C(=O)N(Cc1ccc(C(=O)NCc2ccc(C)cc2)cc1)C1CCN(Cc2ccc(F)cc2)CC1. The van der Waals surface area contributed by atoms with Gasteiger partial charge in [-0.05, 0) is 73.6 Å². The topological polar surface area (TPSA) is 52.7 Å². The van der Waals surface area contributed by atoms with Gasteiger partial charge in [-0.2, -0.15) is 0 Å². The predicted octanol–water partition coefficient (Wildman–Crippen LogP) is 6.49. The zero-order chi connectivity index (χ0) is 28.5. The molecule has 1 saturated heterocycles. The van der Waals surface area contributed by atoms with Gasteiger partial charge in [-0.25, -0.2) is 4.39 Å². The molecule has 1 aliphatic rings. The van der Waals surface area contributed by atoms with E-state index in [1.807, 2.05) is 67.6 Å². The lowest BCUT2D eigenvalue weighted by Gasteiger charge is -2.40. The molecule has 40 heavy (non-hydrogen) atoms. The van der Waals surface area contributed by atoms with E-state index in [0.29, 0.717) is 18.7 Å². The Balaban J connectivity index is 1.38. The van der Waals surface area contributed by atoms with Gasteiger partial charge in [0.15, 0.2) is 0 Å². The Morgan fingerprint density at radius 2 is 1.45 bits per heavy atom. The number of hydrogen-bond acceptors (Lipinski definition) is 3. The van der Waals surface area contributed by atoms with E-state index < -0.39 is 0 Å². The molecule has 2 amide bonds. The number of piperidine rings is 1. The Morgan fingerprint density at radius 3 is 2.05 bits per heavy atom. The fourth-order valence-electron chi connectivity index (χ4n) is 5.45. The largest absolute Gasteiger partial charge is 0.348 e. The maximum atomic E-state index is 13.6. The maximum Gasteiger partial charge on any atom is 0.251 e. The Bertz CT molecular complexity index is 1230. The van der Waals surface area contributed by atoms with Gasteiger partial charge in [0, 0.05) is 50.2 Å². The number of carbonyl (C=O) groups excluding carboxylic acids is 2. The smallest absolute Gasteiger partial charge is 0.251 e. The zero-order valence-corrected chi connectivity index (χ0v) is 24.0. The van der Waals surface area contributed by atoms with Gasteiger partial charge in [0.1, 0.15) is 5.82 Å². The molecular formula is C34H42FN3O2. The molecule has 0 bridgehead atoms. The summed E-state index contributed by atoms with van der Waals surface area (Å²) in [6.45, 7) is 9.83. The normalized spacial score (nSPS) is 14.3. The number of rotatable bonds is 11. The van der Waals surface area contributed by atoms with Crippen LogP contribution in [0.5, 0.6) is 0 Å². The quantitative estimate of drug-likeness (QED) is 0.301. The maximum absolute atomic E-state index is 13.6. The van der Waals surface area contributed by atoms with Crippen LogP contribution in [-0.4, -0.2) is 40.7 Å². The van der Waals surface area contributed by atoms with Gasteiger partial charge in [-0.3, -0.25) is 14.5 Å². The van der Waals surface area contributed by atoms with E-state index in [2.05, 4.69) is 29.0 Å². The van der Waals surface area contributed by atoms with Crippen molar-refractivity contribution >= 4 is 11.8 Å². The van der Waals surface area contributed by atoms with Crippen LogP contribution >= 0.6 is 0 Å². The molecular weight excluding hydrogens is 501 g/mol. The zero-order valence-electron chi connectivity index (χ0n) is 24.0. The average molecular weight is 544 g/mol. The molecule has 5 nitrogen and oxygen atoms in total. The van der Waals surface area contributed by atoms with E-state index in [1.165, 1.54) is 17.7 Å². The van der Waals surface area contributed by atoms with E-state index in [0.717, 1.165) is 62.0 Å². The summed E-state index contributed by atoms with van der Waals surface area (Å²) in [7, 11) is 0. The lowest BCUT2D eigenvalue weighted by molar-refractivity contribution is -0.140. The lowest BCUT2D eigenvalue weighted by atomic mass is 9.96. The standard InChI is InChI=1S/C34H42FN3O2/c1-4-29(5-2)34(40)38(32-18-20-37(21-19-32)23-27-12-16-31(35)17-13-27)24-28-10-14-30(15-11-28)33(39)36-22-26-8-6-25(3)7-9-26/h6-17,29,32H,4-5,18-24H2,1-3H3,(H,36,39). The summed E-state index contributed by atoms with van der Waals surface area (Å²) in [6.07, 6.45) is 3.48. The van der Waals surface area contributed by atoms with Gasteiger partial charge in [-0.1, -0.05) is 67.9 Å². The second kappa shape index (κ2) is 14.2. The highest BCUT2D eigenvalue weighted by Gasteiger charge is 2.31. The van der Waals surface area contributed by atoms with E-state index in [-0.39, 0.29) is 29.6 Å². The van der Waals surface area contributed by atoms with E-state index in [1.54, 1.807) is 0 Å². The fourth-order valence-corrected chi connectivity index (χ4v) is 5.45. The minimum Gasteiger partial charge on any atom is -0.348 e. The van der Waals surface area contributed by atoms with Crippen molar-refractivity contribution in [2.24, 2.45) is 5.92 Å². The molecule has 0 aliphatic carbocycles. The van der Waals surface area contributed by atoms with E-state index in [4.69, 9.17) is 0 Å². The summed E-state index contributed by atoms with van der Waals surface area (Å²) in [4.78, 5) is 30.8. The predicted molar refractivity (Wildman–Crippen MR) is 158 cm³/mol. The molecule has 1 fully saturated rings. The Hall–Kier alpha value is -3.51. The van der Waals surface area contributed by atoms with Gasteiger partial charge < -0.3 is 10.2 Å². The van der Waals surface area contributed by atoms with E-state index >= 15 is 0 Å². The second-order valence-corrected chi connectivity index (χ2v) is 11.0. The third-order valence-electron chi connectivity index (χ3n) is 8.08. The number of benzene rings is 3. The van der Waals surface area contributed by atoms with Crippen LogP contribution in [0, 0.1) is 18.7 Å². The monoisotopic (exact) mass is 543 g/mol. The van der Waals surface area contributed by atoms with Crippen LogP contribution in [0.2, 0.25) is 0 Å². The first-order chi connectivity index (χ1) is 19.4. The van der Waals surface area contributed by atoms with Gasteiger partial charge in [0.2, 0.25) is 5.91 Å². The summed E-state index contributed by atoms with van der Waals surface area (Å²) in [5.41, 5.74) is 5.01. The van der Waals surface area contributed by atoms with E-state index in [9.17, 15) is 14.0 Å². The molecule has 0 aromatic heterocycles. The number of nitrogens with zero attached hydrogens (tertiary/aromatic N) is 2. The first-order valence-corrected chi connectivity index (χ1v) is 14.6. The molecule has 1 heterocycles. The van der Waals surface area contributed by atoms with Gasteiger partial charge in [0.05, 0.1) is 0 Å². The van der Waals surface area contributed by atoms with Crippen molar-refractivity contribution in [2.75, 3.05) is 13.1 Å². The minimum atomic E-state index is -0.214. The third-order valence-corrected chi connectivity index (χ3v) is 8.08. The number of nitrogens with one attached hydrogen (secondary N) is 1. The highest BCUT2D eigenvalue weighted by atomic mass is 19.1. The summed E-state index contributed by atoms with van der Waals surface area (Å²) in [5, 5.41) is 2.99. The first-order valence-electron chi connectivity index (χ1n) is 14.6. The minimum absolute atomic E-state index is 0.0177.